The Balaban J connectivity index is 1.34. The van der Waals surface area contributed by atoms with Crippen molar-refractivity contribution < 1.29 is 17.6 Å². The molecule has 2 saturated heterocycles. The second-order valence-corrected chi connectivity index (χ2v) is 11.3. The number of oxazole rings is 1. The van der Waals surface area contributed by atoms with Crippen LogP contribution in [0.3, 0.4) is 0 Å². The number of piperazine rings is 1. The molecule has 1 atom stereocenters. The van der Waals surface area contributed by atoms with Gasteiger partial charge < -0.3 is 25.3 Å². The van der Waals surface area contributed by atoms with Gasteiger partial charge in [0.2, 0.25) is 10.0 Å². The van der Waals surface area contributed by atoms with E-state index in [1.807, 2.05) is 32.0 Å². The number of sulfonamides is 1. The van der Waals surface area contributed by atoms with Crippen LogP contribution in [0.1, 0.15) is 35.8 Å². The van der Waals surface area contributed by atoms with Gasteiger partial charge in [0, 0.05) is 44.1 Å². The lowest BCUT2D eigenvalue weighted by Crippen LogP contribution is -2.50. The summed E-state index contributed by atoms with van der Waals surface area (Å²) in [5.74, 6) is -0.0966. The number of likely N-dealkylation sites (tertiary alicyclic amines) is 1. The van der Waals surface area contributed by atoms with Crippen LogP contribution in [-0.4, -0.2) is 80.1 Å². The number of aryl methyl sites for hydroxylation is 1. The number of amides is 1. The lowest BCUT2D eigenvalue weighted by Gasteiger charge is -2.36. The zero-order valence-electron chi connectivity index (χ0n) is 19.9. The molecule has 2 fully saturated rings. The van der Waals surface area contributed by atoms with E-state index in [-0.39, 0.29) is 23.4 Å². The third kappa shape index (κ3) is 5.89. The molecule has 0 radical (unpaired) electrons. The highest BCUT2D eigenvalue weighted by Crippen LogP contribution is 2.26. The standard InChI is InChI=1S/C23H34N6O4S/c1-17(14-27-7-3-4-8-27)16-34(31,32)29-11-9-28(10-12-29)19-6-5-18(2)20(13-19)25-22(30)21-15-33-23(24)26-21/h5-6,13,15,17H,3-4,7-12,14,16H2,1-2H3,(H2,24,26)(H,25,30). The lowest BCUT2D eigenvalue weighted by molar-refractivity contribution is 0.102. The van der Waals surface area contributed by atoms with E-state index in [0.29, 0.717) is 31.9 Å². The van der Waals surface area contributed by atoms with Gasteiger partial charge in [-0.15, -0.1) is 0 Å². The maximum atomic E-state index is 13.0. The van der Waals surface area contributed by atoms with Gasteiger partial charge in [0.15, 0.2) is 5.69 Å². The minimum absolute atomic E-state index is 0.0612. The summed E-state index contributed by atoms with van der Waals surface area (Å²) in [6.45, 7) is 9.03. The number of rotatable bonds is 8. The third-order valence-corrected chi connectivity index (χ3v) is 8.63. The van der Waals surface area contributed by atoms with Crippen LogP contribution >= 0.6 is 0 Å². The Morgan fingerprint density at radius 3 is 2.53 bits per heavy atom. The molecule has 1 aromatic carbocycles. The van der Waals surface area contributed by atoms with E-state index in [2.05, 4.69) is 20.1 Å². The molecule has 0 bridgehead atoms. The maximum Gasteiger partial charge on any atom is 0.292 e. The first-order valence-electron chi connectivity index (χ1n) is 11.8. The molecular weight excluding hydrogens is 456 g/mol. The molecule has 10 nitrogen and oxygen atoms in total. The summed E-state index contributed by atoms with van der Waals surface area (Å²) in [6, 6.07) is 5.76. The Kier molecular flexibility index (Phi) is 7.44. The molecule has 2 aromatic rings. The Hall–Kier alpha value is -2.63. The van der Waals surface area contributed by atoms with Gasteiger partial charge in [0.1, 0.15) is 6.26 Å². The lowest BCUT2D eigenvalue weighted by atomic mass is 10.1. The molecule has 11 heteroatoms. The molecule has 3 heterocycles. The van der Waals surface area contributed by atoms with E-state index in [1.54, 1.807) is 4.31 Å². The number of benzene rings is 1. The summed E-state index contributed by atoms with van der Waals surface area (Å²) < 4.78 is 32.5. The number of anilines is 3. The van der Waals surface area contributed by atoms with Crippen LogP contribution in [0.2, 0.25) is 0 Å². The van der Waals surface area contributed by atoms with Crippen LogP contribution in [0.4, 0.5) is 17.4 Å². The highest BCUT2D eigenvalue weighted by molar-refractivity contribution is 7.89. The molecule has 1 amide bonds. The van der Waals surface area contributed by atoms with E-state index in [0.717, 1.165) is 30.9 Å². The van der Waals surface area contributed by atoms with E-state index in [9.17, 15) is 13.2 Å². The summed E-state index contributed by atoms with van der Waals surface area (Å²) in [6.07, 6.45) is 3.64. The Bertz CT molecular complexity index is 1100. The largest absolute Gasteiger partial charge is 0.431 e. The van der Waals surface area contributed by atoms with Gasteiger partial charge in [-0.3, -0.25) is 4.79 Å². The van der Waals surface area contributed by atoms with Gasteiger partial charge in [-0.2, -0.15) is 9.29 Å². The van der Waals surface area contributed by atoms with Gasteiger partial charge in [-0.05, 0) is 56.5 Å². The summed E-state index contributed by atoms with van der Waals surface area (Å²) in [5.41, 5.74) is 8.06. The predicted molar refractivity (Wildman–Crippen MR) is 132 cm³/mol. The number of carbonyl (C=O) groups is 1. The minimum Gasteiger partial charge on any atom is -0.431 e. The van der Waals surface area contributed by atoms with E-state index < -0.39 is 15.9 Å². The quantitative estimate of drug-likeness (QED) is 0.576. The van der Waals surface area contributed by atoms with E-state index in [4.69, 9.17) is 10.2 Å². The van der Waals surface area contributed by atoms with Crippen molar-refractivity contribution in [2.45, 2.75) is 26.7 Å². The average molecular weight is 491 g/mol. The fraction of sp³-hybridized carbons (Fsp3) is 0.565. The molecule has 0 saturated carbocycles. The first-order valence-corrected chi connectivity index (χ1v) is 13.4. The number of nitrogens with two attached hydrogens (primary N) is 1. The van der Waals surface area contributed by atoms with Crippen molar-refractivity contribution in [3.8, 4) is 0 Å². The van der Waals surface area contributed by atoms with Crippen LogP contribution in [0.15, 0.2) is 28.9 Å². The highest BCUT2D eigenvalue weighted by Gasteiger charge is 2.29. The van der Waals surface area contributed by atoms with Crippen molar-refractivity contribution in [1.29, 1.82) is 0 Å². The molecular formula is C23H34N6O4S. The third-order valence-electron chi connectivity index (χ3n) is 6.48. The van der Waals surface area contributed by atoms with Crippen molar-refractivity contribution in [3.05, 3.63) is 35.7 Å². The molecule has 3 N–H and O–H groups in total. The van der Waals surface area contributed by atoms with Gasteiger partial charge in [0.25, 0.3) is 11.9 Å². The van der Waals surface area contributed by atoms with Gasteiger partial charge in [-0.1, -0.05) is 13.0 Å². The summed E-state index contributed by atoms with van der Waals surface area (Å²) >= 11 is 0. The topological polar surface area (TPSA) is 125 Å². The minimum atomic E-state index is -3.29. The number of hydrogen-bond donors (Lipinski definition) is 2. The molecule has 186 valence electrons. The molecule has 0 aliphatic carbocycles. The molecule has 2 aliphatic heterocycles. The second kappa shape index (κ2) is 10.3. The first-order chi connectivity index (χ1) is 16.2. The van der Waals surface area contributed by atoms with Crippen LogP contribution in [0.5, 0.6) is 0 Å². The number of hydrogen-bond acceptors (Lipinski definition) is 8. The van der Waals surface area contributed by atoms with Gasteiger partial charge >= 0.3 is 0 Å². The molecule has 2 aliphatic rings. The predicted octanol–water partition coefficient (Wildman–Crippen LogP) is 2.00. The van der Waals surface area contributed by atoms with Crippen molar-refractivity contribution in [3.63, 3.8) is 0 Å². The van der Waals surface area contributed by atoms with Crippen LogP contribution in [0.25, 0.3) is 0 Å². The van der Waals surface area contributed by atoms with Crippen LogP contribution < -0.4 is 16.0 Å². The number of nitrogen functional groups attached to an aromatic ring is 1. The summed E-state index contributed by atoms with van der Waals surface area (Å²) in [4.78, 5) is 20.8. The van der Waals surface area contributed by atoms with Gasteiger partial charge in [-0.25, -0.2) is 8.42 Å². The average Bonchev–Trinajstić information content (AvgIpc) is 3.46. The molecule has 34 heavy (non-hydrogen) atoms. The molecule has 4 rings (SSSR count). The normalized spacial score (nSPS) is 18.8. The smallest absolute Gasteiger partial charge is 0.292 e. The highest BCUT2D eigenvalue weighted by atomic mass is 32.2. The van der Waals surface area contributed by atoms with Crippen molar-refractivity contribution in [1.82, 2.24) is 14.2 Å². The number of nitrogens with one attached hydrogen (secondary N) is 1. The molecule has 1 aromatic heterocycles. The summed E-state index contributed by atoms with van der Waals surface area (Å²) in [7, 11) is -3.29. The zero-order chi connectivity index (χ0) is 24.3. The van der Waals surface area contributed by atoms with Crippen LogP contribution in [-0.2, 0) is 10.0 Å². The number of aromatic nitrogens is 1. The SMILES string of the molecule is Cc1ccc(N2CCN(S(=O)(=O)CC(C)CN3CCCC3)CC2)cc1NC(=O)c1coc(N)n1. The Morgan fingerprint density at radius 1 is 1.18 bits per heavy atom. The first kappa shape index (κ1) is 24.5. The molecule has 1 unspecified atom stereocenters. The van der Waals surface area contributed by atoms with E-state index >= 15 is 0 Å². The Labute approximate surface area is 201 Å². The number of nitrogens with zero attached hydrogens (tertiary/aromatic N) is 4. The maximum absolute atomic E-state index is 13.0. The Morgan fingerprint density at radius 2 is 1.88 bits per heavy atom. The summed E-state index contributed by atoms with van der Waals surface area (Å²) in [5, 5.41) is 2.85. The van der Waals surface area contributed by atoms with Crippen molar-refractivity contribution in [2.24, 2.45) is 5.92 Å². The fourth-order valence-corrected chi connectivity index (χ4v) is 6.42. The van der Waals surface area contributed by atoms with Crippen molar-refractivity contribution in [2.75, 3.05) is 67.5 Å². The van der Waals surface area contributed by atoms with E-state index in [1.165, 1.54) is 19.1 Å². The monoisotopic (exact) mass is 490 g/mol. The van der Waals surface area contributed by atoms with Crippen LogP contribution in [0, 0.1) is 12.8 Å². The van der Waals surface area contributed by atoms with Gasteiger partial charge in [0.05, 0.1) is 5.75 Å². The number of carbonyl (C=O) groups excluding carboxylic acids is 1. The van der Waals surface area contributed by atoms with Crippen molar-refractivity contribution >= 4 is 33.3 Å². The fourth-order valence-electron chi connectivity index (χ4n) is 4.67. The molecule has 0 spiro atoms. The zero-order valence-corrected chi connectivity index (χ0v) is 20.7. The second-order valence-electron chi connectivity index (χ2n) is 9.30.